The molecule has 5 nitrogen and oxygen atoms in total. The molecule has 0 amide bonds. The molecule has 2 unspecified atom stereocenters. The van der Waals surface area contributed by atoms with E-state index < -0.39 is 11.8 Å². The van der Waals surface area contributed by atoms with Gasteiger partial charge in [0.25, 0.3) is 0 Å². The molecule has 2 aromatic carbocycles. The minimum absolute atomic E-state index is 0.0108. The lowest BCUT2D eigenvalue weighted by Crippen LogP contribution is -2.38. The van der Waals surface area contributed by atoms with Crippen LogP contribution in [0.2, 0.25) is 0 Å². The quantitative estimate of drug-likeness (QED) is 0.770. The molecular formula is C24H22N2O3. The molecule has 0 spiro atoms. The third-order valence-corrected chi connectivity index (χ3v) is 5.37. The first-order chi connectivity index (χ1) is 13.9. The molecule has 0 bridgehead atoms. The number of nitriles is 1. The van der Waals surface area contributed by atoms with Crippen LogP contribution in [-0.2, 0) is 9.53 Å². The summed E-state index contributed by atoms with van der Waals surface area (Å²) in [5.74, 6) is 0.373. The fourth-order valence-electron chi connectivity index (χ4n) is 4.12. The van der Waals surface area contributed by atoms with Gasteiger partial charge in [0.15, 0.2) is 5.78 Å². The average molecular weight is 386 g/mol. The number of para-hydroxylation sites is 1. The SMILES string of the molecule is CC1(C)CC(=O)C2=C(C1)OC(=N)C(C#N)C2c1cccc(Oc2ccccc2)c1. The van der Waals surface area contributed by atoms with Gasteiger partial charge in [-0.25, -0.2) is 0 Å². The van der Waals surface area contributed by atoms with Gasteiger partial charge in [0.2, 0.25) is 5.90 Å². The van der Waals surface area contributed by atoms with Crippen LogP contribution in [0.1, 0.15) is 38.2 Å². The Morgan fingerprint density at radius 3 is 2.55 bits per heavy atom. The number of hydrogen-bond donors (Lipinski definition) is 1. The van der Waals surface area contributed by atoms with E-state index in [-0.39, 0.29) is 17.1 Å². The lowest BCUT2D eigenvalue weighted by atomic mass is 9.68. The van der Waals surface area contributed by atoms with Crippen molar-refractivity contribution >= 4 is 11.7 Å². The fourth-order valence-corrected chi connectivity index (χ4v) is 4.12. The molecule has 0 aromatic heterocycles. The van der Waals surface area contributed by atoms with Crippen LogP contribution >= 0.6 is 0 Å². The third-order valence-electron chi connectivity index (χ3n) is 5.37. The maximum absolute atomic E-state index is 13.0. The van der Waals surface area contributed by atoms with Gasteiger partial charge < -0.3 is 9.47 Å². The Kier molecular flexibility index (Phi) is 4.71. The maximum atomic E-state index is 13.0. The number of allylic oxidation sites excluding steroid dienone is 2. The van der Waals surface area contributed by atoms with Gasteiger partial charge in [0.1, 0.15) is 23.2 Å². The second kappa shape index (κ2) is 7.21. The zero-order valence-electron chi connectivity index (χ0n) is 16.4. The Labute approximate surface area is 170 Å². The van der Waals surface area contributed by atoms with Crippen LogP contribution in [0.3, 0.4) is 0 Å². The number of ketones is 1. The molecule has 0 fully saturated rings. The molecule has 146 valence electrons. The van der Waals surface area contributed by atoms with Crippen molar-refractivity contribution in [3.05, 3.63) is 71.5 Å². The molecule has 0 saturated heterocycles. The molecule has 4 rings (SSSR count). The summed E-state index contributed by atoms with van der Waals surface area (Å²) >= 11 is 0. The van der Waals surface area contributed by atoms with E-state index in [1.54, 1.807) is 0 Å². The highest BCUT2D eigenvalue weighted by Crippen LogP contribution is 2.48. The molecule has 2 atom stereocenters. The first kappa shape index (κ1) is 18.9. The van der Waals surface area contributed by atoms with E-state index in [1.807, 2.05) is 68.4 Å². The summed E-state index contributed by atoms with van der Waals surface area (Å²) in [6, 6.07) is 19.0. The summed E-state index contributed by atoms with van der Waals surface area (Å²) in [6.45, 7) is 4.03. The van der Waals surface area contributed by atoms with Gasteiger partial charge in [-0.3, -0.25) is 10.2 Å². The molecular weight excluding hydrogens is 364 g/mol. The highest BCUT2D eigenvalue weighted by molar-refractivity contribution is 6.01. The van der Waals surface area contributed by atoms with Crippen molar-refractivity contribution in [2.75, 3.05) is 0 Å². The van der Waals surface area contributed by atoms with Gasteiger partial charge >= 0.3 is 0 Å². The van der Waals surface area contributed by atoms with E-state index in [9.17, 15) is 10.1 Å². The van der Waals surface area contributed by atoms with E-state index in [2.05, 4.69) is 6.07 Å². The minimum atomic E-state index is -0.842. The summed E-state index contributed by atoms with van der Waals surface area (Å²) < 4.78 is 11.6. The number of carbonyl (C=O) groups excluding carboxylic acids is 1. The third kappa shape index (κ3) is 3.66. The van der Waals surface area contributed by atoms with Crippen LogP contribution in [0.4, 0.5) is 0 Å². The van der Waals surface area contributed by atoms with Crippen LogP contribution in [0.15, 0.2) is 65.9 Å². The molecule has 1 N–H and O–H groups in total. The molecule has 5 heteroatoms. The number of hydrogen-bond acceptors (Lipinski definition) is 5. The topological polar surface area (TPSA) is 83.2 Å². The van der Waals surface area contributed by atoms with Gasteiger partial charge in [-0.1, -0.05) is 44.2 Å². The van der Waals surface area contributed by atoms with Crippen molar-refractivity contribution in [1.82, 2.24) is 0 Å². The first-order valence-corrected chi connectivity index (χ1v) is 9.63. The number of Topliss-reactive ketones (excluding diaryl/α,β-unsaturated/α-hetero) is 1. The monoisotopic (exact) mass is 386 g/mol. The standard InChI is InChI=1S/C24H22N2O3/c1-24(2)12-19(27)22-20(13-24)29-23(26)18(14-25)21(22)15-7-6-10-17(11-15)28-16-8-4-3-5-9-16/h3-11,18,21,26H,12-13H2,1-2H3. The molecule has 0 saturated carbocycles. The molecule has 1 aliphatic carbocycles. The Balaban J connectivity index is 1.77. The summed E-state index contributed by atoms with van der Waals surface area (Å²) in [6.07, 6.45) is 0.975. The van der Waals surface area contributed by atoms with E-state index in [0.717, 1.165) is 5.56 Å². The average Bonchev–Trinajstić information content (AvgIpc) is 2.67. The molecule has 29 heavy (non-hydrogen) atoms. The number of carbonyl (C=O) groups is 1. The number of nitrogens with zero attached hydrogens (tertiary/aromatic N) is 1. The lowest BCUT2D eigenvalue weighted by Gasteiger charge is -2.39. The minimum Gasteiger partial charge on any atom is -0.457 e. The van der Waals surface area contributed by atoms with Crippen molar-refractivity contribution in [3.63, 3.8) is 0 Å². The predicted octanol–water partition coefficient (Wildman–Crippen LogP) is 5.35. The fraction of sp³-hybridized carbons (Fsp3) is 0.292. The van der Waals surface area contributed by atoms with Crippen LogP contribution in [0.25, 0.3) is 0 Å². The number of benzene rings is 2. The largest absolute Gasteiger partial charge is 0.457 e. The number of nitrogens with one attached hydrogen (secondary N) is 1. The van der Waals surface area contributed by atoms with E-state index >= 15 is 0 Å². The van der Waals surface area contributed by atoms with E-state index in [1.165, 1.54) is 0 Å². The van der Waals surface area contributed by atoms with Crippen molar-refractivity contribution in [1.29, 1.82) is 10.7 Å². The second-order valence-electron chi connectivity index (χ2n) is 8.32. The predicted molar refractivity (Wildman–Crippen MR) is 109 cm³/mol. The second-order valence-corrected chi connectivity index (χ2v) is 8.32. The van der Waals surface area contributed by atoms with Gasteiger partial charge in [-0.15, -0.1) is 0 Å². The van der Waals surface area contributed by atoms with E-state index in [0.29, 0.717) is 35.7 Å². The molecule has 0 radical (unpaired) electrons. The van der Waals surface area contributed by atoms with Crippen LogP contribution in [-0.4, -0.2) is 11.7 Å². The van der Waals surface area contributed by atoms with Gasteiger partial charge in [0.05, 0.1) is 6.07 Å². The summed E-state index contributed by atoms with van der Waals surface area (Å²) in [7, 11) is 0. The van der Waals surface area contributed by atoms with Crippen molar-refractivity contribution in [2.45, 2.75) is 32.6 Å². The normalized spacial score (nSPS) is 23.1. The van der Waals surface area contributed by atoms with Crippen molar-refractivity contribution in [2.24, 2.45) is 11.3 Å². The summed E-state index contributed by atoms with van der Waals surface area (Å²) in [5.41, 5.74) is 1.08. The Bertz CT molecular complexity index is 1050. The molecule has 2 aliphatic rings. The number of rotatable bonds is 3. The Morgan fingerprint density at radius 1 is 1.10 bits per heavy atom. The zero-order valence-corrected chi connectivity index (χ0v) is 16.4. The van der Waals surface area contributed by atoms with Gasteiger partial charge in [-0.2, -0.15) is 5.26 Å². The summed E-state index contributed by atoms with van der Waals surface area (Å²) in [4.78, 5) is 13.0. The van der Waals surface area contributed by atoms with Gasteiger partial charge in [-0.05, 0) is 35.2 Å². The van der Waals surface area contributed by atoms with Crippen molar-refractivity contribution < 1.29 is 14.3 Å². The smallest absolute Gasteiger partial charge is 0.205 e. The van der Waals surface area contributed by atoms with Gasteiger partial charge in [0, 0.05) is 24.3 Å². The van der Waals surface area contributed by atoms with Crippen LogP contribution in [0, 0.1) is 28.1 Å². The Hall–Kier alpha value is -3.39. The maximum Gasteiger partial charge on any atom is 0.205 e. The molecule has 1 aliphatic heterocycles. The molecule has 2 aromatic rings. The lowest BCUT2D eigenvalue weighted by molar-refractivity contribution is -0.119. The summed E-state index contributed by atoms with van der Waals surface area (Å²) in [5, 5.41) is 18.0. The first-order valence-electron chi connectivity index (χ1n) is 9.63. The van der Waals surface area contributed by atoms with E-state index in [4.69, 9.17) is 14.9 Å². The highest BCUT2D eigenvalue weighted by atomic mass is 16.5. The number of ether oxygens (including phenoxy) is 2. The van der Waals surface area contributed by atoms with Crippen molar-refractivity contribution in [3.8, 4) is 17.6 Å². The zero-order chi connectivity index (χ0) is 20.6. The molecule has 1 heterocycles. The van der Waals surface area contributed by atoms with Crippen LogP contribution < -0.4 is 4.74 Å². The highest BCUT2D eigenvalue weighted by Gasteiger charge is 2.46. The van der Waals surface area contributed by atoms with Crippen LogP contribution in [0.5, 0.6) is 11.5 Å². The Morgan fingerprint density at radius 2 is 1.83 bits per heavy atom.